The summed E-state index contributed by atoms with van der Waals surface area (Å²) in [4.78, 5) is 56.7. The van der Waals surface area contributed by atoms with Gasteiger partial charge >= 0.3 is 0 Å². The van der Waals surface area contributed by atoms with E-state index in [1.165, 1.54) is 24.3 Å². The van der Waals surface area contributed by atoms with Crippen molar-refractivity contribution in [3.8, 4) is 0 Å². The minimum absolute atomic E-state index is 0.160. The zero-order chi connectivity index (χ0) is 30.0. The number of allylic oxidation sites excluding steroid dienone is 1. The van der Waals surface area contributed by atoms with E-state index in [4.69, 9.17) is 11.6 Å². The predicted octanol–water partition coefficient (Wildman–Crippen LogP) is 6.49. The molecule has 0 aliphatic carbocycles. The first-order valence-corrected chi connectivity index (χ1v) is 14.2. The fourth-order valence-corrected chi connectivity index (χ4v) is 7.36. The van der Waals surface area contributed by atoms with Crippen molar-refractivity contribution < 1.29 is 19.3 Å². The van der Waals surface area contributed by atoms with Crippen molar-refractivity contribution in [1.82, 2.24) is 0 Å². The minimum Gasteiger partial charge on any atom is -0.352 e. The molecule has 0 bridgehead atoms. The van der Waals surface area contributed by atoms with E-state index in [9.17, 15) is 24.5 Å². The number of Topliss-reactive ketones (excluding diaryl/α,β-unsaturated/α-hetero) is 2. The highest BCUT2D eigenvalue weighted by molar-refractivity contribution is 6.34. The van der Waals surface area contributed by atoms with Gasteiger partial charge in [0.25, 0.3) is 5.69 Å². The number of anilines is 2. The highest BCUT2D eigenvalue weighted by atomic mass is 35.5. The third-order valence-electron chi connectivity index (χ3n) is 8.94. The van der Waals surface area contributed by atoms with Gasteiger partial charge < -0.3 is 10.2 Å². The lowest BCUT2D eigenvalue weighted by Crippen LogP contribution is -2.51. The molecule has 1 spiro atoms. The number of non-ortho nitro benzene ring substituents is 1. The third kappa shape index (κ3) is 3.73. The Hall–Kier alpha value is -5.08. The number of nitrogens with zero attached hydrogens (tertiary/aromatic N) is 2. The summed E-state index contributed by atoms with van der Waals surface area (Å²) in [5.74, 6) is -2.44. The number of carbonyl (C=O) groups excluding carboxylic acids is 3. The molecule has 4 aromatic rings. The van der Waals surface area contributed by atoms with Gasteiger partial charge in [0.2, 0.25) is 5.91 Å². The molecule has 7 rings (SSSR count). The quantitative estimate of drug-likeness (QED) is 0.162. The van der Waals surface area contributed by atoms with Crippen LogP contribution in [0, 0.1) is 16.0 Å². The van der Waals surface area contributed by atoms with Crippen molar-refractivity contribution in [2.45, 2.75) is 24.4 Å². The Kier molecular flexibility index (Phi) is 6.07. The topological polar surface area (TPSA) is 110 Å². The van der Waals surface area contributed by atoms with Gasteiger partial charge in [-0.05, 0) is 54.5 Å². The number of carbonyl (C=O) groups is 3. The maximum absolute atomic E-state index is 14.9. The number of para-hydroxylation sites is 2. The Morgan fingerprint density at radius 2 is 1.58 bits per heavy atom. The first-order valence-electron chi connectivity index (χ1n) is 13.8. The number of fused-ring (bicyclic) bond motifs is 6. The number of hydrogen-bond acceptors (Lipinski definition) is 6. The van der Waals surface area contributed by atoms with Gasteiger partial charge in [-0.1, -0.05) is 66.2 Å². The van der Waals surface area contributed by atoms with E-state index in [2.05, 4.69) is 5.32 Å². The summed E-state index contributed by atoms with van der Waals surface area (Å²) < 4.78 is 0. The van der Waals surface area contributed by atoms with Crippen LogP contribution in [-0.4, -0.2) is 34.5 Å². The largest absolute Gasteiger partial charge is 0.352 e. The molecule has 3 aliphatic heterocycles. The number of nitrogens with one attached hydrogen (secondary N) is 1. The molecule has 212 valence electrons. The van der Waals surface area contributed by atoms with Gasteiger partial charge in [-0.3, -0.25) is 24.5 Å². The molecule has 4 aromatic carbocycles. The molecule has 1 fully saturated rings. The Bertz CT molecular complexity index is 1900. The summed E-state index contributed by atoms with van der Waals surface area (Å²) in [7, 11) is 0. The van der Waals surface area contributed by atoms with Crippen molar-refractivity contribution in [1.29, 1.82) is 0 Å². The third-order valence-corrected chi connectivity index (χ3v) is 9.27. The molecule has 3 heterocycles. The molecule has 9 heteroatoms. The van der Waals surface area contributed by atoms with Crippen LogP contribution in [0.25, 0.3) is 5.57 Å². The first-order chi connectivity index (χ1) is 20.7. The van der Waals surface area contributed by atoms with Gasteiger partial charge in [-0.2, -0.15) is 0 Å². The monoisotopic (exact) mass is 589 g/mol. The van der Waals surface area contributed by atoms with Gasteiger partial charge in [-0.15, -0.1) is 0 Å². The summed E-state index contributed by atoms with van der Waals surface area (Å²) in [5, 5.41) is 14.6. The van der Waals surface area contributed by atoms with E-state index in [1.54, 1.807) is 30.3 Å². The molecule has 0 aromatic heterocycles. The first kappa shape index (κ1) is 26.8. The minimum atomic E-state index is -1.48. The van der Waals surface area contributed by atoms with Crippen LogP contribution in [0.2, 0.25) is 5.02 Å². The number of halogens is 1. The number of amides is 1. The summed E-state index contributed by atoms with van der Waals surface area (Å²) in [6, 6.07) is 25.0. The predicted molar refractivity (Wildman–Crippen MR) is 164 cm³/mol. The zero-order valence-corrected chi connectivity index (χ0v) is 23.6. The van der Waals surface area contributed by atoms with E-state index in [0.717, 1.165) is 16.8 Å². The molecule has 43 heavy (non-hydrogen) atoms. The molecule has 0 unspecified atom stereocenters. The Morgan fingerprint density at radius 1 is 0.907 bits per heavy atom. The van der Waals surface area contributed by atoms with Gasteiger partial charge in [-0.25, -0.2) is 0 Å². The molecule has 8 nitrogen and oxygen atoms in total. The fraction of sp³-hybridized carbons (Fsp3) is 0.147. The van der Waals surface area contributed by atoms with Crippen molar-refractivity contribution in [2.75, 3.05) is 10.2 Å². The van der Waals surface area contributed by atoms with E-state index in [-0.39, 0.29) is 27.7 Å². The highest BCUT2D eigenvalue weighted by Crippen LogP contribution is 2.59. The van der Waals surface area contributed by atoms with Crippen LogP contribution in [0.3, 0.4) is 0 Å². The Labute approximate surface area is 251 Å². The van der Waals surface area contributed by atoms with E-state index >= 15 is 0 Å². The summed E-state index contributed by atoms with van der Waals surface area (Å²) in [5.41, 5.74) is 2.49. The van der Waals surface area contributed by atoms with Crippen molar-refractivity contribution in [3.05, 3.63) is 141 Å². The van der Waals surface area contributed by atoms with Crippen LogP contribution >= 0.6 is 11.6 Å². The van der Waals surface area contributed by atoms with Crippen LogP contribution in [0.1, 0.15) is 38.8 Å². The van der Waals surface area contributed by atoms with Crippen molar-refractivity contribution in [2.24, 2.45) is 5.92 Å². The molecule has 1 amide bonds. The van der Waals surface area contributed by atoms with E-state index in [1.807, 2.05) is 60.4 Å². The summed E-state index contributed by atoms with van der Waals surface area (Å²) in [6.07, 6.45) is 1.97. The van der Waals surface area contributed by atoms with Crippen LogP contribution in [-0.2, 0) is 10.2 Å². The SMILES string of the molecule is CC1=C[C@H]2N(c3ccccc31)[C@H](C(=O)c1ccc([N+](=O)[O-])cc1)[C@@H](C(=O)c1ccccc1Cl)[C@]21C(=O)Nc2ccccc21. The van der Waals surface area contributed by atoms with Crippen LogP contribution in [0.5, 0.6) is 0 Å². The van der Waals surface area contributed by atoms with Gasteiger partial charge in [0.1, 0.15) is 11.5 Å². The van der Waals surface area contributed by atoms with Crippen molar-refractivity contribution >= 4 is 51.7 Å². The average Bonchev–Trinajstić information content (AvgIpc) is 3.49. The zero-order valence-electron chi connectivity index (χ0n) is 22.9. The number of nitro groups is 1. The van der Waals surface area contributed by atoms with E-state index < -0.39 is 39.9 Å². The van der Waals surface area contributed by atoms with Gasteiger partial charge in [0, 0.05) is 40.2 Å². The van der Waals surface area contributed by atoms with Crippen LogP contribution in [0.4, 0.5) is 17.1 Å². The number of hydrogen-bond donors (Lipinski definition) is 1. The smallest absolute Gasteiger partial charge is 0.269 e. The molecule has 1 saturated heterocycles. The Balaban J connectivity index is 1.54. The molecule has 0 radical (unpaired) electrons. The lowest BCUT2D eigenvalue weighted by atomic mass is 9.64. The van der Waals surface area contributed by atoms with Gasteiger partial charge in [0.05, 0.1) is 21.9 Å². The van der Waals surface area contributed by atoms with Crippen molar-refractivity contribution in [3.63, 3.8) is 0 Å². The molecule has 0 saturated carbocycles. The Morgan fingerprint density at radius 3 is 2.33 bits per heavy atom. The second-order valence-electron chi connectivity index (χ2n) is 11.0. The molecule has 4 atom stereocenters. The second-order valence-corrected chi connectivity index (χ2v) is 11.4. The van der Waals surface area contributed by atoms with Crippen LogP contribution in [0.15, 0.2) is 103 Å². The maximum atomic E-state index is 14.9. The molecular weight excluding hydrogens is 566 g/mol. The summed E-state index contributed by atoms with van der Waals surface area (Å²) in [6.45, 7) is 1.96. The lowest BCUT2D eigenvalue weighted by molar-refractivity contribution is -0.384. The van der Waals surface area contributed by atoms with Gasteiger partial charge in [0.15, 0.2) is 11.6 Å². The number of nitro benzene ring substituents is 1. The normalized spacial score (nSPS) is 23.2. The average molecular weight is 590 g/mol. The molecule has 1 N–H and O–H groups in total. The molecule has 3 aliphatic rings. The maximum Gasteiger partial charge on any atom is 0.269 e. The standard InChI is InChI=1S/C34H24ClN3O5/c1-19-18-28-34(24-10-4-6-12-26(24)36-33(34)41)29(32(40)23-9-2-5-11-25(23)35)30(37(28)27-13-7-3-8-22(19)27)31(39)20-14-16-21(17-15-20)38(42)43/h2-18,28-30H,1H3,(H,36,41)/t28-,29+,30+,34-/m1/s1. The highest BCUT2D eigenvalue weighted by Gasteiger charge is 2.70. The summed E-state index contributed by atoms with van der Waals surface area (Å²) >= 11 is 6.58. The fourth-order valence-electron chi connectivity index (χ4n) is 7.13. The molecular formula is C34H24ClN3O5. The van der Waals surface area contributed by atoms with Crippen LogP contribution < -0.4 is 10.2 Å². The second kappa shape index (κ2) is 9.74. The number of rotatable bonds is 5. The lowest BCUT2D eigenvalue weighted by Gasteiger charge is -2.39. The van der Waals surface area contributed by atoms with E-state index in [0.29, 0.717) is 11.3 Å². The number of benzene rings is 4. The number of ketones is 2.